The fraction of sp³-hybridized carbons (Fsp3) is 0.105. The maximum absolute atomic E-state index is 4.09. The number of hydrogen-bond donors (Lipinski definition) is 0. The fourth-order valence-electron chi connectivity index (χ4n) is 3.11. The van der Waals surface area contributed by atoms with E-state index in [0.29, 0.717) is 0 Å². The molecule has 0 fully saturated rings. The quantitative estimate of drug-likeness (QED) is 0.523. The molecule has 4 rings (SSSR count). The zero-order chi connectivity index (χ0) is 13.4. The molecule has 3 aromatic rings. The minimum atomic E-state index is 0.986. The highest BCUT2D eigenvalue weighted by atomic mass is 14.6. The number of rotatable bonds is 2. The minimum Gasteiger partial charge on any atom is -0.265 e. The molecule has 1 aliphatic carbocycles. The molecule has 0 saturated carbocycles. The summed E-state index contributed by atoms with van der Waals surface area (Å²) in [5, 5.41) is 0. The molecule has 1 heterocycles. The van der Waals surface area contributed by atoms with E-state index in [1.165, 1.54) is 33.4 Å². The summed E-state index contributed by atoms with van der Waals surface area (Å²) in [4.78, 5) is 4.09. The van der Waals surface area contributed by atoms with Crippen LogP contribution in [0.2, 0.25) is 0 Å². The normalized spacial score (nSPS) is 12.0. The molecule has 1 nitrogen and oxygen atoms in total. The lowest BCUT2D eigenvalue weighted by molar-refractivity contribution is 1.11. The van der Waals surface area contributed by atoms with Gasteiger partial charge in [-0.25, -0.2) is 0 Å². The molecule has 0 unspecified atom stereocenters. The van der Waals surface area contributed by atoms with Crippen LogP contribution in [0.3, 0.4) is 0 Å². The van der Waals surface area contributed by atoms with Gasteiger partial charge in [0.2, 0.25) is 0 Å². The van der Waals surface area contributed by atoms with Crippen molar-refractivity contribution >= 4 is 0 Å². The molecule has 0 atom stereocenters. The fourth-order valence-corrected chi connectivity index (χ4v) is 3.11. The monoisotopic (exact) mass is 257 g/mol. The lowest BCUT2D eigenvalue weighted by atomic mass is 9.96. The van der Waals surface area contributed by atoms with Gasteiger partial charge in [-0.15, -0.1) is 0 Å². The van der Waals surface area contributed by atoms with Crippen molar-refractivity contribution in [2.45, 2.75) is 12.8 Å². The predicted octanol–water partition coefficient (Wildman–Crippen LogP) is 4.24. The summed E-state index contributed by atoms with van der Waals surface area (Å²) in [6.45, 7) is 0. The van der Waals surface area contributed by atoms with Gasteiger partial charge in [0.15, 0.2) is 0 Å². The summed E-state index contributed by atoms with van der Waals surface area (Å²) < 4.78 is 0. The second-order valence-electron chi connectivity index (χ2n) is 5.31. The minimum absolute atomic E-state index is 0.986. The van der Waals surface area contributed by atoms with Crippen molar-refractivity contribution in [3.63, 3.8) is 0 Å². The van der Waals surface area contributed by atoms with Crippen LogP contribution in [0.15, 0.2) is 67.0 Å². The summed E-state index contributed by atoms with van der Waals surface area (Å²) >= 11 is 0. The number of benzene rings is 2. The van der Waals surface area contributed by atoms with Crippen molar-refractivity contribution in [1.29, 1.82) is 0 Å². The van der Waals surface area contributed by atoms with E-state index in [2.05, 4.69) is 59.6 Å². The van der Waals surface area contributed by atoms with Gasteiger partial charge in [-0.1, -0.05) is 42.5 Å². The smallest absolute Gasteiger partial charge is 0.0270 e. The third-order valence-electron chi connectivity index (χ3n) is 4.09. The Balaban J connectivity index is 1.78. The second-order valence-corrected chi connectivity index (χ2v) is 5.31. The summed E-state index contributed by atoms with van der Waals surface area (Å²) in [5.41, 5.74) is 8.51. The Hall–Kier alpha value is -2.41. The SMILES string of the molecule is c1ccc2c(c1)Cc1c(Cc3ccncc3)cccc1-2. The van der Waals surface area contributed by atoms with Crippen LogP contribution >= 0.6 is 0 Å². The van der Waals surface area contributed by atoms with Crippen LogP contribution in [0.5, 0.6) is 0 Å². The Bertz CT molecular complexity index is 760. The topological polar surface area (TPSA) is 12.9 Å². The molecule has 96 valence electrons. The predicted molar refractivity (Wildman–Crippen MR) is 81.7 cm³/mol. The van der Waals surface area contributed by atoms with Gasteiger partial charge in [0.25, 0.3) is 0 Å². The highest BCUT2D eigenvalue weighted by Crippen LogP contribution is 2.38. The molecule has 0 radical (unpaired) electrons. The van der Waals surface area contributed by atoms with Crippen molar-refractivity contribution in [2.75, 3.05) is 0 Å². The van der Waals surface area contributed by atoms with Crippen molar-refractivity contribution in [3.05, 3.63) is 89.2 Å². The van der Waals surface area contributed by atoms with E-state index < -0.39 is 0 Å². The molecule has 0 N–H and O–H groups in total. The number of aromatic nitrogens is 1. The van der Waals surface area contributed by atoms with Gasteiger partial charge in [-0.2, -0.15) is 0 Å². The molecule has 1 heteroatoms. The first-order chi connectivity index (χ1) is 9.92. The van der Waals surface area contributed by atoms with E-state index in [1.54, 1.807) is 0 Å². The summed E-state index contributed by atoms with van der Waals surface area (Å²) in [5.74, 6) is 0. The van der Waals surface area contributed by atoms with Crippen LogP contribution in [0, 0.1) is 0 Å². The lowest BCUT2D eigenvalue weighted by Crippen LogP contribution is -1.94. The highest BCUT2D eigenvalue weighted by molar-refractivity contribution is 5.78. The maximum atomic E-state index is 4.09. The van der Waals surface area contributed by atoms with E-state index in [1.807, 2.05) is 12.4 Å². The van der Waals surface area contributed by atoms with Crippen molar-refractivity contribution in [3.8, 4) is 11.1 Å². The first-order valence-corrected chi connectivity index (χ1v) is 7.00. The van der Waals surface area contributed by atoms with Crippen molar-refractivity contribution in [1.82, 2.24) is 4.98 Å². The Kier molecular flexibility index (Phi) is 2.63. The lowest BCUT2D eigenvalue weighted by Gasteiger charge is -2.08. The van der Waals surface area contributed by atoms with E-state index >= 15 is 0 Å². The van der Waals surface area contributed by atoms with Gasteiger partial charge in [0.05, 0.1) is 0 Å². The van der Waals surface area contributed by atoms with Crippen LogP contribution in [0.25, 0.3) is 11.1 Å². The van der Waals surface area contributed by atoms with Crippen LogP contribution < -0.4 is 0 Å². The zero-order valence-electron chi connectivity index (χ0n) is 11.2. The average molecular weight is 257 g/mol. The van der Waals surface area contributed by atoms with Crippen LogP contribution in [-0.4, -0.2) is 4.98 Å². The number of hydrogen-bond acceptors (Lipinski definition) is 1. The van der Waals surface area contributed by atoms with Crippen molar-refractivity contribution in [2.24, 2.45) is 0 Å². The van der Waals surface area contributed by atoms with E-state index in [-0.39, 0.29) is 0 Å². The Morgan fingerprint density at radius 2 is 1.60 bits per heavy atom. The van der Waals surface area contributed by atoms with Crippen LogP contribution in [-0.2, 0) is 12.8 Å². The molecule has 0 aliphatic heterocycles. The van der Waals surface area contributed by atoms with Crippen LogP contribution in [0.1, 0.15) is 22.3 Å². The highest BCUT2D eigenvalue weighted by Gasteiger charge is 2.20. The molecule has 20 heavy (non-hydrogen) atoms. The zero-order valence-corrected chi connectivity index (χ0v) is 11.2. The molecular formula is C19H15N. The van der Waals surface area contributed by atoms with Gasteiger partial charge in [0, 0.05) is 12.4 Å². The Labute approximate surface area is 118 Å². The molecule has 2 aromatic carbocycles. The van der Waals surface area contributed by atoms with Crippen LogP contribution in [0.4, 0.5) is 0 Å². The van der Waals surface area contributed by atoms with Gasteiger partial charge >= 0.3 is 0 Å². The molecule has 1 aromatic heterocycles. The number of pyridine rings is 1. The summed E-state index contributed by atoms with van der Waals surface area (Å²) in [6, 6.07) is 19.6. The summed E-state index contributed by atoms with van der Waals surface area (Å²) in [6.07, 6.45) is 5.78. The van der Waals surface area contributed by atoms with E-state index in [0.717, 1.165) is 12.8 Å². The molecule has 0 bridgehead atoms. The van der Waals surface area contributed by atoms with E-state index in [9.17, 15) is 0 Å². The molecule has 0 saturated heterocycles. The number of nitrogens with zero attached hydrogens (tertiary/aromatic N) is 1. The largest absolute Gasteiger partial charge is 0.265 e. The maximum Gasteiger partial charge on any atom is 0.0270 e. The molecule has 1 aliphatic rings. The first-order valence-electron chi connectivity index (χ1n) is 7.00. The molecular weight excluding hydrogens is 242 g/mol. The number of fused-ring (bicyclic) bond motifs is 3. The van der Waals surface area contributed by atoms with Gasteiger partial charge in [-0.05, 0) is 58.4 Å². The molecule has 0 amide bonds. The molecule has 0 spiro atoms. The Morgan fingerprint density at radius 1 is 0.800 bits per heavy atom. The van der Waals surface area contributed by atoms with Crippen molar-refractivity contribution < 1.29 is 0 Å². The third kappa shape index (κ3) is 1.83. The second kappa shape index (κ2) is 4.61. The average Bonchev–Trinajstić information content (AvgIpc) is 2.88. The summed E-state index contributed by atoms with van der Waals surface area (Å²) in [7, 11) is 0. The van der Waals surface area contributed by atoms with E-state index in [4.69, 9.17) is 0 Å². The first kappa shape index (κ1) is 11.4. The van der Waals surface area contributed by atoms with Gasteiger partial charge in [0.1, 0.15) is 0 Å². The third-order valence-corrected chi connectivity index (χ3v) is 4.09. The Morgan fingerprint density at radius 3 is 2.50 bits per heavy atom. The standard InChI is InChI=1S/C19H15N/c1-2-6-17-16(4-1)13-19-15(5-3-7-18(17)19)12-14-8-10-20-11-9-14/h1-11H,12-13H2. The van der Waals surface area contributed by atoms with Gasteiger partial charge in [-0.3, -0.25) is 4.98 Å². The van der Waals surface area contributed by atoms with Gasteiger partial charge < -0.3 is 0 Å².